The van der Waals surface area contributed by atoms with Crippen LogP contribution in [0.5, 0.6) is 0 Å². The van der Waals surface area contributed by atoms with Crippen LogP contribution in [0.4, 0.5) is 0 Å². The van der Waals surface area contributed by atoms with Crippen LogP contribution in [0.2, 0.25) is 0 Å². The van der Waals surface area contributed by atoms with Crippen molar-refractivity contribution < 1.29 is 4.79 Å². The van der Waals surface area contributed by atoms with Crippen molar-refractivity contribution >= 4 is 22.2 Å². The number of allylic oxidation sites excluding steroid dienone is 6. The predicted molar refractivity (Wildman–Crippen MR) is 54.4 cm³/mol. The fourth-order valence-corrected chi connectivity index (χ4v) is 1.84. The van der Waals surface area contributed by atoms with E-state index < -0.39 is 0 Å². The summed E-state index contributed by atoms with van der Waals surface area (Å²) in [5.74, 6) is 0. The van der Waals surface area contributed by atoms with Crippen molar-refractivity contribution in [3.63, 3.8) is 0 Å². The molecule has 0 aliphatic heterocycles. The Hall–Kier alpha value is -0.630. The molecule has 1 atom stereocenters. The van der Waals surface area contributed by atoms with Crippen molar-refractivity contribution in [3.8, 4) is 0 Å². The van der Waals surface area contributed by atoms with E-state index in [2.05, 4.69) is 22.0 Å². The van der Waals surface area contributed by atoms with Crippen molar-refractivity contribution in [2.24, 2.45) is 0 Å². The van der Waals surface area contributed by atoms with Crippen molar-refractivity contribution in [2.75, 3.05) is 0 Å². The van der Waals surface area contributed by atoms with Crippen LogP contribution in [0, 0.1) is 0 Å². The highest BCUT2D eigenvalue weighted by molar-refractivity contribution is 9.10. The van der Waals surface area contributed by atoms with Gasteiger partial charge in [-0.3, -0.25) is 4.79 Å². The van der Waals surface area contributed by atoms with E-state index in [1.165, 1.54) is 0 Å². The average molecular weight is 227 g/mol. The van der Waals surface area contributed by atoms with Gasteiger partial charge in [0.2, 0.25) is 0 Å². The zero-order chi connectivity index (χ0) is 9.19. The van der Waals surface area contributed by atoms with Gasteiger partial charge in [-0.2, -0.15) is 0 Å². The van der Waals surface area contributed by atoms with Crippen molar-refractivity contribution in [1.29, 1.82) is 0 Å². The van der Waals surface area contributed by atoms with Gasteiger partial charge in [0.05, 0.1) is 4.32 Å². The molecule has 0 aromatic heterocycles. The molecule has 0 N–H and O–H groups in total. The summed E-state index contributed by atoms with van der Waals surface area (Å²) in [6.45, 7) is 4.02. The SMILES string of the molecule is CC1=CC(C)(Br)C=C(C=O)C=C1. The van der Waals surface area contributed by atoms with Gasteiger partial charge in [0.15, 0.2) is 0 Å². The smallest absolute Gasteiger partial charge is 0.149 e. The van der Waals surface area contributed by atoms with Crippen LogP contribution < -0.4 is 0 Å². The molecule has 0 bridgehead atoms. The first-order valence-corrected chi connectivity index (χ1v) is 4.57. The molecule has 0 saturated heterocycles. The fraction of sp³-hybridized carbons (Fsp3) is 0.300. The highest BCUT2D eigenvalue weighted by atomic mass is 79.9. The first kappa shape index (κ1) is 9.46. The van der Waals surface area contributed by atoms with Crippen LogP contribution in [-0.2, 0) is 4.79 Å². The summed E-state index contributed by atoms with van der Waals surface area (Å²) < 4.78 is -0.198. The molecule has 2 heteroatoms. The molecular formula is C10H11BrO. The number of alkyl halides is 1. The van der Waals surface area contributed by atoms with Crippen molar-refractivity contribution in [1.82, 2.24) is 0 Å². The van der Waals surface area contributed by atoms with Crippen LogP contribution in [-0.4, -0.2) is 10.6 Å². The highest BCUT2D eigenvalue weighted by Gasteiger charge is 2.15. The molecule has 64 valence electrons. The lowest BCUT2D eigenvalue weighted by Gasteiger charge is -2.12. The topological polar surface area (TPSA) is 17.1 Å². The molecule has 0 aromatic carbocycles. The van der Waals surface area contributed by atoms with Gasteiger partial charge in [-0.15, -0.1) is 0 Å². The van der Waals surface area contributed by atoms with E-state index >= 15 is 0 Å². The van der Waals surface area contributed by atoms with Gasteiger partial charge in [-0.05, 0) is 13.8 Å². The van der Waals surface area contributed by atoms with Crippen LogP contribution >= 0.6 is 15.9 Å². The van der Waals surface area contributed by atoms with Crippen LogP contribution in [0.25, 0.3) is 0 Å². The molecule has 1 aliphatic carbocycles. The monoisotopic (exact) mass is 226 g/mol. The summed E-state index contributed by atoms with van der Waals surface area (Å²) in [5.41, 5.74) is 1.87. The second-order valence-corrected chi connectivity index (χ2v) is 4.84. The Morgan fingerprint density at radius 1 is 1.42 bits per heavy atom. The standard InChI is InChI=1S/C10H11BrO/c1-8-3-4-9(7-12)6-10(2,11)5-8/h3-7H,1-2H3. The summed E-state index contributed by atoms with van der Waals surface area (Å²) in [6, 6.07) is 0. The van der Waals surface area contributed by atoms with E-state index in [1.807, 2.05) is 32.1 Å². The van der Waals surface area contributed by atoms with Crippen LogP contribution in [0.1, 0.15) is 13.8 Å². The third-order valence-corrected chi connectivity index (χ3v) is 2.09. The third-order valence-electron chi connectivity index (χ3n) is 1.63. The molecule has 0 spiro atoms. The molecule has 0 saturated carbocycles. The van der Waals surface area contributed by atoms with Crippen molar-refractivity contribution in [2.45, 2.75) is 18.2 Å². The number of hydrogen-bond acceptors (Lipinski definition) is 1. The van der Waals surface area contributed by atoms with E-state index in [4.69, 9.17) is 0 Å². The Labute approximate surface area is 81.0 Å². The highest BCUT2D eigenvalue weighted by Crippen LogP contribution is 2.26. The van der Waals surface area contributed by atoms with Gasteiger partial charge in [0.1, 0.15) is 6.29 Å². The number of halogens is 1. The second-order valence-electron chi connectivity index (χ2n) is 3.14. The average Bonchev–Trinajstić information content (AvgIpc) is 2.07. The first-order chi connectivity index (χ1) is 5.53. The summed E-state index contributed by atoms with van der Waals surface area (Å²) >= 11 is 3.51. The maximum atomic E-state index is 10.5. The number of carbonyl (C=O) groups is 1. The Bertz CT molecular complexity index is 282. The third kappa shape index (κ3) is 2.45. The van der Waals surface area contributed by atoms with E-state index in [1.54, 1.807) is 0 Å². The normalized spacial score (nSPS) is 28.9. The Balaban J connectivity index is 3.08. The molecule has 0 fully saturated rings. The van der Waals surface area contributed by atoms with Gasteiger partial charge in [-0.1, -0.05) is 45.8 Å². The lowest BCUT2D eigenvalue weighted by molar-refractivity contribution is -0.104. The molecule has 0 aromatic rings. The summed E-state index contributed by atoms with van der Waals surface area (Å²) in [6.07, 6.45) is 8.59. The Kier molecular flexibility index (Phi) is 2.68. The number of aldehydes is 1. The van der Waals surface area contributed by atoms with E-state index in [9.17, 15) is 4.79 Å². The number of rotatable bonds is 1. The minimum absolute atomic E-state index is 0.198. The molecule has 0 heterocycles. The zero-order valence-corrected chi connectivity index (χ0v) is 8.76. The number of carbonyl (C=O) groups excluding carboxylic acids is 1. The van der Waals surface area contributed by atoms with Gasteiger partial charge < -0.3 is 0 Å². The zero-order valence-electron chi connectivity index (χ0n) is 7.17. The largest absolute Gasteiger partial charge is 0.298 e. The predicted octanol–water partition coefficient (Wildman–Crippen LogP) is 2.78. The maximum Gasteiger partial charge on any atom is 0.149 e. The quantitative estimate of drug-likeness (QED) is 0.497. The molecule has 12 heavy (non-hydrogen) atoms. The summed E-state index contributed by atoms with van der Waals surface area (Å²) in [5, 5.41) is 0. The van der Waals surface area contributed by atoms with Crippen molar-refractivity contribution in [3.05, 3.63) is 35.5 Å². The van der Waals surface area contributed by atoms with Crippen LogP contribution in [0.15, 0.2) is 35.5 Å². The fourth-order valence-electron chi connectivity index (χ4n) is 1.21. The van der Waals surface area contributed by atoms with E-state index in [0.717, 1.165) is 11.9 Å². The van der Waals surface area contributed by atoms with Gasteiger partial charge in [-0.25, -0.2) is 0 Å². The van der Waals surface area contributed by atoms with Gasteiger partial charge in [0.25, 0.3) is 0 Å². The Morgan fingerprint density at radius 2 is 2.08 bits per heavy atom. The van der Waals surface area contributed by atoms with E-state index in [-0.39, 0.29) is 4.32 Å². The molecule has 0 radical (unpaired) electrons. The minimum atomic E-state index is -0.198. The van der Waals surface area contributed by atoms with E-state index in [0.29, 0.717) is 5.57 Å². The van der Waals surface area contributed by atoms with Gasteiger partial charge in [0, 0.05) is 5.57 Å². The lowest BCUT2D eigenvalue weighted by Crippen LogP contribution is -2.07. The first-order valence-electron chi connectivity index (χ1n) is 3.78. The maximum absolute atomic E-state index is 10.5. The Morgan fingerprint density at radius 3 is 2.67 bits per heavy atom. The molecule has 1 nitrogen and oxygen atoms in total. The van der Waals surface area contributed by atoms with Gasteiger partial charge >= 0.3 is 0 Å². The summed E-state index contributed by atoms with van der Waals surface area (Å²) in [4.78, 5) is 10.5. The second kappa shape index (κ2) is 3.40. The number of hydrogen-bond donors (Lipinski definition) is 0. The molecule has 1 rings (SSSR count). The molecule has 1 unspecified atom stereocenters. The lowest BCUT2D eigenvalue weighted by atomic mass is 10.1. The minimum Gasteiger partial charge on any atom is -0.298 e. The van der Waals surface area contributed by atoms with Crippen LogP contribution in [0.3, 0.4) is 0 Å². The summed E-state index contributed by atoms with van der Waals surface area (Å²) in [7, 11) is 0. The molecular weight excluding hydrogens is 216 g/mol. The molecule has 0 amide bonds. The molecule has 1 aliphatic rings.